The smallest absolute Gasteiger partial charge is 0.336 e. The normalized spacial score (nSPS) is 18.9. The summed E-state index contributed by atoms with van der Waals surface area (Å²) < 4.78 is 10.8. The number of methoxy groups -OCH3 is 1. The quantitative estimate of drug-likeness (QED) is 0.334. The van der Waals surface area contributed by atoms with Gasteiger partial charge in [0.15, 0.2) is 11.5 Å². The van der Waals surface area contributed by atoms with Crippen LogP contribution in [0.4, 0.5) is 5.69 Å². The number of carbonyl (C=O) groups excluding carboxylic acids is 2. The molecule has 8 heteroatoms. The van der Waals surface area contributed by atoms with E-state index in [-0.39, 0.29) is 34.8 Å². The summed E-state index contributed by atoms with van der Waals surface area (Å²) in [5, 5.41) is 15.3. The Bertz CT molecular complexity index is 1300. The lowest BCUT2D eigenvalue weighted by atomic mass is 9.68. The predicted octanol–water partition coefficient (Wildman–Crippen LogP) is 5.26. The Morgan fingerprint density at radius 1 is 1.14 bits per heavy atom. The van der Waals surface area contributed by atoms with Crippen molar-refractivity contribution >= 4 is 17.4 Å². The van der Waals surface area contributed by atoms with Gasteiger partial charge in [-0.3, -0.25) is 14.9 Å². The van der Waals surface area contributed by atoms with Gasteiger partial charge in [-0.1, -0.05) is 49.7 Å². The molecule has 0 amide bonds. The molecule has 1 heterocycles. The van der Waals surface area contributed by atoms with E-state index in [0.29, 0.717) is 29.7 Å². The van der Waals surface area contributed by atoms with Gasteiger partial charge in [-0.05, 0) is 42.9 Å². The van der Waals surface area contributed by atoms with Crippen molar-refractivity contribution in [3.05, 3.63) is 91.8 Å². The van der Waals surface area contributed by atoms with Crippen LogP contribution in [0.1, 0.15) is 56.2 Å². The highest BCUT2D eigenvalue weighted by Gasteiger charge is 2.43. The summed E-state index contributed by atoms with van der Waals surface area (Å²) in [4.78, 5) is 37.7. The van der Waals surface area contributed by atoms with Gasteiger partial charge in [0.1, 0.15) is 6.61 Å². The van der Waals surface area contributed by atoms with E-state index in [4.69, 9.17) is 9.47 Å². The van der Waals surface area contributed by atoms with E-state index in [1.165, 1.54) is 19.2 Å². The van der Waals surface area contributed by atoms with E-state index in [9.17, 15) is 19.7 Å². The number of Topliss-reactive ketones (excluding diaryl/α,β-unsaturated/α-hetero) is 1. The number of benzene rings is 2. The number of nitro groups is 1. The fraction of sp³-hybridized carbons (Fsp3) is 0.357. The number of aryl methyl sites for hydroxylation is 1. The molecule has 2 aromatic carbocycles. The maximum atomic E-state index is 13.3. The highest BCUT2D eigenvalue weighted by atomic mass is 16.6. The fourth-order valence-corrected chi connectivity index (χ4v) is 4.97. The van der Waals surface area contributed by atoms with Crippen molar-refractivity contribution in [1.29, 1.82) is 0 Å². The Morgan fingerprint density at radius 3 is 2.47 bits per heavy atom. The summed E-state index contributed by atoms with van der Waals surface area (Å²) >= 11 is 0. The molecule has 1 atom stereocenters. The van der Waals surface area contributed by atoms with E-state index in [2.05, 4.69) is 5.32 Å². The third-order valence-electron chi connectivity index (χ3n) is 6.67. The zero-order valence-electron chi connectivity index (χ0n) is 21.1. The van der Waals surface area contributed by atoms with Crippen LogP contribution in [0.5, 0.6) is 5.75 Å². The number of allylic oxidation sites excluding steroid dienone is 3. The number of rotatable bonds is 6. The topological polar surface area (TPSA) is 108 Å². The van der Waals surface area contributed by atoms with Crippen LogP contribution in [0.15, 0.2) is 65.0 Å². The fourth-order valence-electron chi connectivity index (χ4n) is 4.97. The van der Waals surface area contributed by atoms with Gasteiger partial charge in [-0.2, -0.15) is 0 Å². The molecular weight excluding hydrogens is 460 g/mol. The van der Waals surface area contributed by atoms with Crippen molar-refractivity contribution in [3.63, 3.8) is 0 Å². The molecule has 1 aliphatic carbocycles. The minimum atomic E-state index is -0.776. The summed E-state index contributed by atoms with van der Waals surface area (Å²) in [6, 6.07) is 12.3. The van der Waals surface area contributed by atoms with Crippen LogP contribution in [0.25, 0.3) is 0 Å². The Morgan fingerprint density at radius 2 is 1.83 bits per heavy atom. The number of carbonyl (C=O) groups is 2. The monoisotopic (exact) mass is 490 g/mol. The molecule has 188 valence electrons. The van der Waals surface area contributed by atoms with Crippen LogP contribution in [-0.2, 0) is 20.9 Å². The average molecular weight is 491 g/mol. The number of dihydropyridines is 1. The number of nitrogens with zero attached hydrogens (tertiary/aromatic N) is 1. The van der Waals surface area contributed by atoms with E-state index >= 15 is 0 Å². The summed E-state index contributed by atoms with van der Waals surface area (Å²) in [5.74, 6) is -1.34. The van der Waals surface area contributed by atoms with Gasteiger partial charge in [-0.15, -0.1) is 0 Å². The largest absolute Gasteiger partial charge is 0.482 e. The first-order valence-electron chi connectivity index (χ1n) is 11.8. The molecule has 0 saturated carbocycles. The van der Waals surface area contributed by atoms with Gasteiger partial charge in [0, 0.05) is 35.4 Å². The Labute approximate surface area is 210 Å². The zero-order valence-corrected chi connectivity index (χ0v) is 21.1. The van der Waals surface area contributed by atoms with Crippen LogP contribution in [0, 0.1) is 22.5 Å². The van der Waals surface area contributed by atoms with Crippen molar-refractivity contribution in [2.24, 2.45) is 5.41 Å². The lowest BCUT2D eigenvalue weighted by molar-refractivity contribution is -0.386. The number of hydrogen-bond donors (Lipinski definition) is 1. The molecule has 0 saturated heterocycles. The molecule has 8 nitrogen and oxygen atoms in total. The molecule has 1 N–H and O–H groups in total. The first kappa shape index (κ1) is 25.2. The van der Waals surface area contributed by atoms with Crippen molar-refractivity contribution in [2.45, 2.75) is 53.1 Å². The SMILES string of the molecule is COC(=O)C1=C(C)NC2=C(C(=O)CC(C)(C)C2)[C@H]1c1ccc(OCc2ccc(C)cc2)c([N+](=O)[O-])c1. The van der Waals surface area contributed by atoms with Crippen LogP contribution < -0.4 is 10.1 Å². The third kappa shape index (κ3) is 4.89. The first-order chi connectivity index (χ1) is 17.0. The molecule has 0 radical (unpaired) electrons. The Balaban J connectivity index is 1.77. The second kappa shape index (κ2) is 9.60. The molecule has 0 aromatic heterocycles. The highest BCUT2D eigenvalue weighted by Crippen LogP contribution is 2.47. The third-order valence-corrected chi connectivity index (χ3v) is 6.67. The molecule has 2 aliphatic rings. The number of esters is 1. The van der Waals surface area contributed by atoms with Crippen LogP contribution >= 0.6 is 0 Å². The summed E-state index contributed by atoms with van der Waals surface area (Å²) in [6.45, 7) is 7.94. The molecule has 0 unspecified atom stereocenters. The van der Waals surface area contributed by atoms with E-state index in [1.807, 2.05) is 45.0 Å². The van der Waals surface area contributed by atoms with Crippen molar-refractivity contribution in [3.8, 4) is 5.75 Å². The van der Waals surface area contributed by atoms with Gasteiger partial charge >= 0.3 is 11.7 Å². The van der Waals surface area contributed by atoms with Crippen molar-refractivity contribution in [2.75, 3.05) is 7.11 Å². The maximum absolute atomic E-state index is 13.3. The molecule has 0 spiro atoms. The number of hydrogen-bond acceptors (Lipinski definition) is 7. The van der Waals surface area contributed by atoms with Gasteiger partial charge in [0.2, 0.25) is 0 Å². The second-order valence-electron chi connectivity index (χ2n) is 10.2. The molecule has 36 heavy (non-hydrogen) atoms. The molecule has 2 aromatic rings. The molecule has 4 rings (SSSR count). The Kier molecular flexibility index (Phi) is 6.71. The highest BCUT2D eigenvalue weighted by molar-refractivity contribution is 6.04. The number of nitrogens with one attached hydrogen (secondary N) is 1. The van der Waals surface area contributed by atoms with Crippen LogP contribution in [0.2, 0.25) is 0 Å². The van der Waals surface area contributed by atoms with Gasteiger partial charge in [0.25, 0.3) is 0 Å². The summed E-state index contributed by atoms with van der Waals surface area (Å²) in [6.07, 6.45) is 0.938. The maximum Gasteiger partial charge on any atom is 0.336 e. The molecule has 0 bridgehead atoms. The first-order valence-corrected chi connectivity index (χ1v) is 11.8. The number of ether oxygens (including phenoxy) is 2. The van der Waals surface area contributed by atoms with Crippen molar-refractivity contribution < 1.29 is 24.0 Å². The minimum Gasteiger partial charge on any atom is -0.482 e. The Hall–Kier alpha value is -3.94. The predicted molar refractivity (Wildman–Crippen MR) is 134 cm³/mol. The van der Waals surface area contributed by atoms with Gasteiger partial charge in [0.05, 0.1) is 17.6 Å². The lowest BCUT2D eigenvalue weighted by Crippen LogP contribution is -2.38. The zero-order chi connectivity index (χ0) is 26.2. The summed E-state index contributed by atoms with van der Waals surface area (Å²) in [7, 11) is 1.28. The van der Waals surface area contributed by atoms with Gasteiger partial charge in [-0.25, -0.2) is 4.79 Å². The summed E-state index contributed by atoms with van der Waals surface area (Å²) in [5.41, 5.74) is 4.03. The molecule has 1 aliphatic heterocycles. The lowest BCUT2D eigenvalue weighted by Gasteiger charge is -2.39. The van der Waals surface area contributed by atoms with E-state index < -0.39 is 16.8 Å². The second-order valence-corrected chi connectivity index (χ2v) is 10.2. The molecular formula is C28H30N2O6. The number of ketones is 1. The van der Waals surface area contributed by atoms with Crippen LogP contribution in [0.3, 0.4) is 0 Å². The number of nitro benzene ring substituents is 1. The van der Waals surface area contributed by atoms with Crippen LogP contribution in [-0.4, -0.2) is 23.8 Å². The van der Waals surface area contributed by atoms with E-state index in [0.717, 1.165) is 16.8 Å². The van der Waals surface area contributed by atoms with Crippen molar-refractivity contribution in [1.82, 2.24) is 5.32 Å². The van der Waals surface area contributed by atoms with E-state index in [1.54, 1.807) is 13.0 Å². The van der Waals surface area contributed by atoms with Gasteiger partial charge < -0.3 is 14.8 Å². The minimum absolute atomic E-state index is 0.0880. The molecule has 0 fully saturated rings. The standard InChI is InChI=1S/C28H30N2O6/c1-16-6-8-18(9-7-16)15-36-23-11-10-19(12-21(23)30(33)34)25-24(27(32)35-5)17(2)29-20-13-28(3,4)14-22(31)26(20)25/h6-12,25,29H,13-15H2,1-5H3/t25-/m0/s1. The average Bonchev–Trinajstić information content (AvgIpc) is 2.81.